The number of thiazole rings is 1. The van der Waals surface area contributed by atoms with Crippen LogP contribution < -0.4 is 11.1 Å². The van der Waals surface area contributed by atoms with E-state index in [2.05, 4.69) is 40.8 Å². The van der Waals surface area contributed by atoms with Crippen molar-refractivity contribution in [1.82, 2.24) is 4.98 Å². The van der Waals surface area contributed by atoms with Crippen LogP contribution in [-0.4, -0.2) is 11.2 Å². The van der Waals surface area contributed by atoms with E-state index >= 15 is 0 Å². The zero-order valence-electron chi connectivity index (χ0n) is 12.0. The standard InChI is InChI=1S/C16H17N3S2/c1-10-3-5-13(12(17)7-10)18-9-11-4-6-14-15(8-11)21-16(19-14)20-2/h3-8,18H,9,17H2,1-2H3. The minimum atomic E-state index is 0.760. The molecule has 0 aliphatic carbocycles. The van der Waals surface area contributed by atoms with Gasteiger partial charge in [-0.3, -0.25) is 0 Å². The molecule has 0 atom stereocenters. The summed E-state index contributed by atoms with van der Waals surface area (Å²) in [5, 5.41) is 3.40. The SMILES string of the molecule is CSc1nc2ccc(CNc3ccc(C)cc3N)cc2s1. The summed E-state index contributed by atoms with van der Waals surface area (Å²) in [5.74, 6) is 0. The van der Waals surface area contributed by atoms with E-state index in [1.54, 1.807) is 23.1 Å². The summed E-state index contributed by atoms with van der Waals surface area (Å²) in [7, 11) is 0. The van der Waals surface area contributed by atoms with Gasteiger partial charge in [-0.2, -0.15) is 0 Å². The highest BCUT2D eigenvalue weighted by atomic mass is 32.2. The van der Waals surface area contributed by atoms with E-state index in [9.17, 15) is 0 Å². The molecule has 3 aromatic rings. The van der Waals surface area contributed by atoms with E-state index in [0.29, 0.717) is 0 Å². The van der Waals surface area contributed by atoms with Crippen molar-refractivity contribution in [3.05, 3.63) is 47.5 Å². The maximum absolute atomic E-state index is 6.02. The third-order valence-corrected chi connectivity index (χ3v) is 5.30. The number of aromatic nitrogens is 1. The van der Waals surface area contributed by atoms with Crippen molar-refractivity contribution in [1.29, 1.82) is 0 Å². The lowest BCUT2D eigenvalue weighted by atomic mass is 10.1. The Morgan fingerprint density at radius 2 is 2.10 bits per heavy atom. The van der Waals surface area contributed by atoms with Crippen molar-refractivity contribution >= 4 is 44.7 Å². The highest BCUT2D eigenvalue weighted by Crippen LogP contribution is 2.29. The number of hydrogen-bond acceptors (Lipinski definition) is 5. The second-order valence-corrected chi connectivity index (χ2v) is 7.01. The number of hydrogen-bond donors (Lipinski definition) is 2. The second kappa shape index (κ2) is 5.95. The molecule has 0 radical (unpaired) electrons. The number of nitrogens with one attached hydrogen (secondary N) is 1. The molecule has 3 nitrogen and oxygen atoms in total. The topological polar surface area (TPSA) is 50.9 Å². The van der Waals surface area contributed by atoms with Crippen LogP contribution in [0, 0.1) is 6.92 Å². The van der Waals surface area contributed by atoms with E-state index in [0.717, 1.165) is 27.8 Å². The quantitative estimate of drug-likeness (QED) is 0.549. The van der Waals surface area contributed by atoms with E-state index in [1.165, 1.54) is 15.8 Å². The van der Waals surface area contributed by atoms with Gasteiger partial charge in [0.2, 0.25) is 0 Å². The maximum Gasteiger partial charge on any atom is 0.150 e. The Morgan fingerprint density at radius 1 is 1.24 bits per heavy atom. The zero-order chi connectivity index (χ0) is 14.8. The van der Waals surface area contributed by atoms with Crippen LogP contribution in [0.4, 0.5) is 11.4 Å². The van der Waals surface area contributed by atoms with Crippen LogP contribution in [0.2, 0.25) is 0 Å². The molecule has 2 aromatic carbocycles. The summed E-state index contributed by atoms with van der Waals surface area (Å²) in [5.41, 5.74) is 11.3. The van der Waals surface area contributed by atoms with Crippen molar-refractivity contribution in [3.63, 3.8) is 0 Å². The second-order valence-electron chi connectivity index (χ2n) is 4.93. The Kier molecular flexibility index (Phi) is 4.03. The van der Waals surface area contributed by atoms with Crippen LogP contribution in [-0.2, 0) is 6.54 Å². The van der Waals surface area contributed by atoms with Gasteiger partial charge in [0.15, 0.2) is 4.34 Å². The Balaban J connectivity index is 1.78. The molecule has 0 fully saturated rings. The Morgan fingerprint density at radius 3 is 2.86 bits per heavy atom. The molecule has 0 saturated carbocycles. The summed E-state index contributed by atoms with van der Waals surface area (Å²) in [6, 6.07) is 12.5. The molecule has 3 rings (SSSR count). The summed E-state index contributed by atoms with van der Waals surface area (Å²) < 4.78 is 2.34. The predicted octanol–water partition coefficient (Wildman–Crippen LogP) is 4.52. The van der Waals surface area contributed by atoms with Crippen LogP contribution in [0.1, 0.15) is 11.1 Å². The smallest absolute Gasteiger partial charge is 0.150 e. The average molecular weight is 315 g/mol. The van der Waals surface area contributed by atoms with E-state index in [1.807, 2.05) is 19.1 Å². The van der Waals surface area contributed by atoms with Gasteiger partial charge in [0.25, 0.3) is 0 Å². The normalized spacial score (nSPS) is 11.0. The summed E-state index contributed by atoms with van der Waals surface area (Å²) in [6.45, 7) is 2.80. The summed E-state index contributed by atoms with van der Waals surface area (Å²) in [6.07, 6.45) is 2.06. The molecule has 0 unspecified atom stereocenters. The van der Waals surface area contributed by atoms with Gasteiger partial charge in [-0.25, -0.2) is 4.98 Å². The highest BCUT2D eigenvalue weighted by Gasteiger charge is 2.04. The lowest BCUT2D eigenvalue weighted by molar-refractivity contribution is 1.15. The van der Waals surface area contributed by atoms with Gasteiger partial charge in [0.1, 0.15) is 0 Å². The van der Waals surface area contributed by atoms with Gasteiger partial charge in [-0.15, -0.1) is 11.3 Å². The number of rotatable bonds is 4. The van der Waals surface area contributed by atoms with E-state index < -0.39 is 0 Å². The van der Waals surface area contributed by atoms with Gasteiger partial charge < -0.3 is 11.1 Å². The molecule has 5 heteroatoms. The molecule has 0 bridgehead atoms. The first-order valence-corrected chi connectivity index (χ1v) is 8.73. The molecule has 3 N–H and O–H groups in total. The van der Waals surface area contributed by atoms with Gasteiger partial charge in [0, 0.05) is 6.54 Å². The van der Waals surface area contributed by atoms with Crippen molar-refractivity contribution in [2.24, 2.45) is 0 Å². The minimum Gasteiger partial charge on any atom is -0.397 e. The summed E-state index contributed by atoms with van der Waals surface area (Å²) in [4.78, 5) is 4.56. The molecule has 1 heterocycles. The molecule has 0 aliphatic heterocycles. The fourth-order valence-electron chi connectivity index (χ4n) is 2.19. The lowest BCUT2D eigenvalue weighted by Gasteiger charge is -2.10. The lowest BCUT2D eigenvalue weighted by Crippen LogP contribution is -2.02. The maximum atomic E-state index is 6.02. The molecule has 0 amide bonds. The fraction of sp³-hybridized carbons (Fsp3) is 0.188. The van der Waals surface area contributed by atoms with Crippen LogP contribution in [0.5, 0.6) is 0 Å². The Hall–Kier alpha value is -1.72. The van der Waals surface area contributed by atoms with Crippen LogP contribution in [0.25, 0.3) is 10.2 Å². The third kappa shape index (κ3) is 3.14. The van der Waals surface area contributed by atoms with Crippen molar-refractivity contribution in [2.75, 3.05) is 17.3 Å². The fourth-order valence-corrected chi connectivity index (χ4v) is 3.74. The number of benzene rings is 2. The molecule has 0 saturated heterocycles. The number of nitrogens with two attached hydrogens (primary N) is 1. The molecule has 108 valence electrons. The number of aryl methyl sites for hydroxylation is 1. The summed E-state index contributed by atoms with van der Waals surface area (Å²) >= 11 is 3.43. The van der Waals surface area contributed by atoms with Crippen LogP contribution >= 0.6 is 23.1 Å². The number of thioether (sulfide) groups is 1. The monoisotopic (exact) mass is 315 g/mol. The zero-order valence-corrected chi connectivity index (χ0v) is 13.6. The van der Waals surface area contributed by atoms with E-state index in [4.69, 9.17) is 5.73 Å². The van der Waals surface area contributed by atoms with Crippen molar-refractivity contribution in [2.45, 2.75) is 17.8 Å². The first-order valence-electron chi connectivity index (χ1n) is 6.69. The molecular formula is C16H17N3S2. The Bertz CT molecular complexity index is 780. The number of fused-ring (bicyclic) bond motifs is 1. The number of nitrogen functional groups attached to an aromatic ring is 1. The molecule has 1 aromatic heterocycles. The number of nitrogens with zero attached hydrogens (tertiary/aromatic N) is 1. The molecule has 21 heavy (non-hydrogen) atoms. The largest absolute Gasteiger partial charge is 0.397 e. The van der Waals surface area contributed by atoms with Gasteiger partial charge >= 0.3 is 0 Å². The Labute approximate surface area is 132 Å². The van der Waals surface area contributed by atoms with Crippen LogP contribution in [0.15, 0.2) is 40.7 Å². The third-order valence-electron chi connectivity index (χ3n) is 3.30. The number of anilines is 2. The first-order chi connectivity index (χ1) is 10.2. The van der Waals surface area contributed by atoms with E-state index in [-0.39, 0.29) is 0 Å². The van der Waals surface area contributed by atoms with Crippen LogP contribution in [0.3, 0.4) is 0 Å². The molecule has 0 aliphatic rings. The van der Waals surface area contributed by atoms with Crippen molar-refractivity contribution < 1.29 is 0 Å². The molecular weight excluding hydrogens is 298 g/mol. The van der Waals surface area contributed by atoms with Gasteiger partial charge in [-0.1, -0.05) is 23.9 Å². The average Bonchev–Trinajstić information content (AvgIpc) is 2.88. The highest BCUT2D eigenvalue weighted by molar-refractivity contribution is 8.00. The van der Waals surface area contributed by atoms with Crippen molar-refractivity contribution in [3.8, 4) is 0 Å². The first kappa shape index (κ1) is 14.2. The minimum absolute atomic E-state index is 0.760. The predicted molar refractivity (Wildman–Crippen MR) is 94.3 cm³/mol. The van der Waals surface area contributed by atoms with Gasteiger partial charge in [0.05, 0.1) is 21.6 Å². The van der Waals surface area contributed by atoms with Gasteiger partial charge in [-0.05, 0) is 48.6 Å². The molecule has 0 spiro atoms.